The lowest BCUT2D eigenvalue weighted by Crippen LogP contribution is -2.40. The molecule has 4 nitrogen and oxygen atoms in total. The number of aliphatic imine (C=N–C) groups is 1. The number of thioether (sulfide) groups is 1. The fourth-order valence-electron chi connectivity index (χ4n) is 3.60. The minimum Gasteiger partial charge on any atom is -0.283 e. The number of halogens is 1. The number of pyridine rings is 1. The Labute approximate surface area is 174 Å². The van der Waals surface area contributed by atoms with E-state index in [-0.39, 0.29) is 11.9 Å². The van der Waals surface area contributed by atoms with E-state index in [4.69, 9.17) is 16.6 Å². The Bertz CT molecular complexity index is 933. The molecule has 4 rings (SSSR count). The summed E-state index contributed by atoms with van der Waals surface area (Å²) in [4.78, 5) is 24.7. The maximum atomic E-state index is 13.3. The van der Waals surface area contributed by atoms with Crippen LogP contribution in [0.1, 0.15) is 43.2 Å². The van der Waals surface area contributed by atoms with Gasteiger partial charge in [0, 0.05) is 12.2 Å². The van der Waals surface area contributed by atoms with Crippen LogP contribution in [0.2, 0.25) is 5.15 Å². The molecule has 1 aromatic carbocycles. The highest BCUT2D eigenvalue weighted by Gasteiger charge is 2.38. The average molecular weight is 412 g/mol. The molecule has 0 atom stereocenters. The molecule has 28 heavy (non-hydrogen) atoms. The van der Waals surface area contributed by atoms with E-state index in [1.54, 1.807) is 12.3 Å². The molecule has 0 radical (unpaired) electrons. The van der Waals surface area contributed by atoms with Crippen molar-refractivity contribution in [3.63, 3.8) is 0 Å². The van der Waals surface area contributed by atoms with Crippen LogP contribution in [-0.4, -0.2) is 27.0 Å². The van der Waals surface area contributed by atoms with E-state index >= 15 is 0 Å². The minimum atomic E-state index is 0.0382. The first kappa shape index (κ1) is 19.2. The van der Waals surface area contributed by atoms with Crippen LogP contribution in [0.3, 0.4) is 0 Å². The number of hydrogen-bond donors (Lipinski definition) is 0. The van der Waals surface area contributed by atoms with Crippen molar-refractivity contribution in [1.29, 1.82) is 0 Å². The number of aromatic nitrogens is 1. The second kappa shape index (κ2) is 8.50. The molecule has 2 aliphatic rings. The molecular formula is C22H22ClN3OS. The van der Waals surface area contributed by atoms with Crippen LogP contribution in [0.25, 0.3) is 6.08 Å². The summed E-state index contributed by atoms with van der Waals surface area (Å²) in [6.07, 6.45) is 9.16. The summed E-state index contributed by atoms with van der Waals surface area (Å²) in [6.45, 7) is 2.06. The number of carbonyl (C=O) groups excluding carboxylic acids is 1. The predicted molar refractivity (Wildman–Crippen MR) is 117 cm³/mol. The van der Waals surface area contributed by atoms with Crippen molar-refractivity contribution in [2.45, 2.75) is 45.1 Å². The summed E-state index contributed by atoms with van der Waals surface area (Å²) in [7, 11) is 0. The third kappa shape index (κ3) is 4.15. The summed E-state index contributed by atoms with van der Waals surface area (Å²) in [6, 6.07) is 12.0. The van der Waals surface area contributed by atoms with E-state index in [1.807, 2.05) is 29.2 Å². The minimum absolute atomic E-state index is 0.0382. The van der Waals surface area contributed by atoms with Gasteiger partial charge in [-0.05, 0) is 55.3 Å². The predicted octanol–water partition coefficient (Wildman–Crippen LogP) is 5.98. The van der Waals surface area contributed by atoms with Gasteiger partial charge in [0.25, 0.3) is 5.91 Å². The zero-order chi connectivity index (χ0) is 19.5. The highest BCUT2D eigenvalue weighted by atomic mass is 35.5. The molecule has 2 aromatic rings. The van der Waals surface area contributed by atoms with Crippen LogP contribution in [0, 0.1) is 6.92 Å². The molecule has 1 saturated carbocycles. The third-order valence-corrected chi connectivity index (χ3v) is 6.38. The Balaban J connectivity index is 1.71. The summed E-state index contributed by atoms with van der Waals surface area (Å²) < 4.78 is 0. The van der Waals surface area contributed by atoms with E-state index in [9.17, 15) is 4.79 Å². The Morgan fingerprint density at radius 1 is 1.18 bits per heavy atom. The van der Waals surface area contributed by atoms with Crippen LogP contribution in [0.15, 0.2) is 52.5 Å². The van der Waals surface area contributed by atoms with E-state index in [2.05, 4.69) is 24.0 Å². The molecular weight excluding hydrogens is 390 g/mol. The van der Waals surface area contributed by atoms with E-state index in [0.717, 1.165) is 31.2 Å². The highest BCUT2D eigenvalue weighted by molar-refractivity contribution is 8.18. The molecule has 1 saturated heterocycles. The lowest BCUT2D eigenvalue weighted by atomic mass is 9.94. The smallest absolute Gasteiger partial charge is 0.267 e. The second-order valence-corrected chi connectivity index (χ2v) is 8.56. The molecule has 2 heterocycles. The van der Waals surface area contributed by atoms with Crippen molar-refractivity contribution in [3.8, 4) is 0 Å². The first-order chi connectivity index (χ1) is 13.6. The van der Waals surface area contributed by atoms with Gasteiger partial charge in [0.2, 0.25) is 0 Å². The summed E-state index contributed by atoms with van der Waals surface area (Å²) in [5.41, 5.74) is 2.81. The maximum Gasteiger partial charge on any atom is 0.267 e. The standard InChI is InChI=1S/C22H22ClN3OS/c1-15-9-11-16(12-10-15)14-19-21(27)26(17-6-3-2-4-7-17)22(28-19)25-18-8-5-13-24-20(18)23/h5,8-14,17H,2-4,6-7H2,1H3/b19-14-,25-22?. The average Bonchev–Trinajstić information content (AvgIpc) is 3.01. The third-order valence-electron chi connectivity index (χ3n) is 5.11. The molecule has 1 aliphatic heterocycles. The Hall–Kier alpha value is -2.11. The number of amidine groups is 1. The number of amides is 1. The first-order valence-corrected chi connectivity index (χ1v) is 10.8. The summed E-state index contributed by atoms with van der Waals surface area (Å²) >= 11 is 7.63. The normalized spacial score (nSPS) is 21.1. The quantitative estimate of drug-likeness (QED) is 0.461. The molecule has 6 heteroatoms. The molecule has 1 aliphatic carbocycles. The molecule has 144 valence electrons. The van der Waals surface area contributed by atoms with Gasteiger partial charge in [-0.1, -0.05) is 60.7 Å². The first-order valence-electron chi connectivity index (χ1n) is 9.61. The number of benzene rings is 1. The van der Waals surface area contributed by atoms with Gasteiger partial charge in [0.1, 0.15) is 5.69 Å². The summed E-state index contributed by atoms with van der Waals surface area (Å²) in [5, 5.41) is 1.05. The number of hydrogen-bond acceptors (Lipinski definition) is 4. The molecule has 0 bridgehead atoms. The lowest BCUT2D eigenvalue weighted by Gasteiger charge is -2.30. The number of rotatable bonds is 3. The molecule has 1 amide bonds. The topological polar surface area (TPSA) is 45.6 Å². The van der Waals surface area contributed by atoms with Crippen LogP contribution in [0.4, 0.5) is 5.69 Å². The van der Waals surface area contributed by atoms with Gasteiger partial charge in [0.05, 0.1) is 4.91 Å². The highest BCUT2D eigenvalue weighted by Crippen LogP contribution is 2.39. The van der Waals surface area contributed by atoms with Crippen LogP contribution in [0.5, 0.6) is 0 Å². The van der Waals surface area contributed by atoms with E-state index in [1.165, 1.54) is 23.7 Å². The Morgan fingerprint density at radius 3 is 2.64 bits per heavy atom. The second-order valence-electron chi connectivity index (χ2n) is 7.20. The van der Waals surface area contributed by atoms with Crippen molar-refractivity contribution in [3.05, 3.63) is 63.8 Å². The molecule has 0 unspecified atom stereocenters. The maximum absolute atomic E-state index is 13.3. The van der Waals surface area contributed by atoms with Gasteiger partial charge in [-0.15, -0.1) is 0 Å². The van der Waals surface area contributed by atoms with Crippen LogP contribution >= 0.6 is 23.4 Å². The fraction of sp³-hybridized carbons (Fsp3) is 0.318. The Kier molecular flexibility index (Phi) is 5.83. The van der Waals surface area contributed by atoms with Crippen LogP contribution < -0.4 is 0 Å². The van der Waals surface area contributed by atoms with Crippen molar-refractivity contribution >= 4 is 46.2 Å². The largest absolute Gasteiger partial charge is 0.283 e. The Morgan fingerprint density at radius 2 is 1.93 bits per heavy atom. The number of nitrogens with zero attached hydrogens (tertiary/aromatic N) is 3. The van der Waals surface area contributed by atoms with Gasteiger partial charge in [-0.25, -0.2) is 9.98 Å². The van der Waals surface area contributed by atoms with Crippen molar-refractivity contribution in [1.82, 2.24) is 9.88 Å². The fourth-order valence-corrected chi connectivity index (χ4v) is 4.82. The van der Waals surface area contributed by atoms with Gasteiger partial charge < -0.3 is 0 Å². The van der Waals surface area contributed by atoms with Gasteiger partial charge in [-0.2, -0.15) is 0 Å². The zero-order valence-corrected chi connectivity index (χ0v) is 17.3. The van der Waals surface area contributed by atoms with E-state index < -0.39 is 0 Å². The number of carbonyl (C=O) groups is 1. The molecule has 1 aromatic heterocycles. The molecule has 0 N–H and O–H groups in total. The zero-order valence-electron chi connectivity index (χ0n) is 15.8. The lowest BCUT2D eigenvalue weighted by molar-refractivity contribution is -0.124. The molecule has 0 spiro atoms. The van der Waals surface area contributed by atoms with Gasteiger partial charge >= 0.3 is 0 Å². The van der Waals surface area contributed by atoms with Crippen molar-refractivity contribution < 1.29 is 4.79 Å². The number of aryl methyl sites for hydroxylation is 1. The van der Waals surface area contributed by atoms with Crippen LogP contribution in [-0.2, 0) is 4.79 Å². The molecule has 2 fully saturated rings. The van der Waals surface area contributed by atoms with Gasteiger partial charge in [0.15, 0.2) is 10.3 Å². The van der Waals surface area contributed by atoms with Crippen molar-refractivity contribution in [2.24, 2.45) is 4.99 Å². The monoisotopic (exact) mass is 411 g/mol. The SMILES string of the molecule is Cc1ccc(/C=C2\SC(=Nc3cccnc3Cl)N(C3CCCCC3)C2=O)cc1. The van der Waals surface area contributed by atoms with E-state index in [0.29, 0.717) is 20.9 Å². The van der Waals surface area contributed by atoms with Gasteiger partial charge in [-0.3, -0.25) is 9.69 Å². The van der Waals surface area contributed by atoms with Crippen molar-refractivity contribution in [2.75, 3.05) is 0 Å². The summed E-state index contributed by atoms with van der Waals surface area (Å²) in [5.74, 6) is 0.0382.